The number of nitrogens with one attached hydrogen (secondary N) is 1. The van der Waals surface area contributed by atoms with Crippen LogP contribution in [0.25, 0.3) is 0 Å². The second-order valence-electron chi connectivity index (χ2n) is 7.88. The molecule has 2 nitrogen and oxygen atoms in total. The minimum atomic E-state index is 0.495. The van der Waals surface area contributed by atoms with E-state index in [-0.39, 0.29) is 0 Å². The van der Waals surface area contributed by atoms with Crippen LogP contribution in [-0.2, 0) is 4.74 Å². The zero-order valence-corrected chi connectivity index (χ0v) is 14.2. The normalized spacial score (nSPS) is 34.6. The molecular weight excluding hydrogens is 258 g/mol. The molecule has 2 heteroatoms. The van der Waals surface area contributed by atoms with Crippen LogP contribution >= 0.6 is 0 Å². The third-order valence-corrected chi connectivity index (χ3v) is 6.76. The zero-order valence-electron chi connectivity index (χ0n) is 14.2. The number of hydrogen-bond acceptors (Lipinski definition) is 2. The van der Waals surface area contributed by atoms with E-state index in [0.29, 0.717) is 17.6 Å². The van der Waals surface area contributed by atoms with Gasteiger partial charge in [0, 0.05) is 24.1 Å². The molecule has 1 spiro atoms. The van der Waals surface area contributed by atoms with Crippen molar-refractivity contribution in [3.8, 4) is 0 Å². The van der Waals surface area contributed by atoms with Crippen molar-refractivity contribution in [2.75, 3.05) is 6.61 Å². The predicted molar refractivity (Wildman–Crippen MR) is 88.5 cm³/mol. The van der Waals surface area contributed by atoms with Gasteiger partial charge in [0.05, 0.1) is 6.10 Å². The maximum Gasteiger partial charge on any atom is 0.0661 e. The molecule has 0 radical (unpaired) electrons. The van der Waals surface area contributed by atoms with Crippen LogP contribution in [0.3, 0.4) is 0 Å². The molecule has 3 rings (SSSR count). The molecule has 3 aliphatic carbocycles. The molecule has 122 valence electrons. The molecule has 0 aliphatic heterocycles. The van der Waals surface area contributed by atoms with Gasteiger partial charge in [-0.1, -0.05) is 38.5 Å². The van der Waals surface area contributed by atoms with Gasteiger partial charge in [-0.3, -0.25) is 0 Å². The quantitative estimate of drug-likeness (QED) is 0.744. The van der Waals surface area contributed by atoms with Gasteiger partial charge in [-0.2, -0.15) is 0 Å². The Labute approximate surface area is 131 Å². The minimum absolute atomic E-state index is 0.495. The predicted octanol–water partition coefficient (Wildman–Crippen LogP) is 4.67. The van der Waals surface area contributed by atoms with E-state index >= 15 is 0 Å². The van der Waals surface area contributed by atoms with Gasteiger partial charge in [0.15, 0.2) is 0 Å². The molecule has 1 N–H and O–H groups in total. The first-order valence-corrected chi connectivity index (χ1v) is 9.64. The third kappa shape index (κ3) is 3.17. The standard InChI is InChI=1S/C19H35NO/c1-3-21-18-14-17(19(18)12-8-9-13-19)20-15(2)16-10-6-4-5-7-11-16/h15-18,20H,3-14H2,1-2H3/t15-,17?,18?/m0/s1. The second-order valence-corrected chi connectivity index (χ2v) is 7.88. The number of ether oxygens (including phenoxy) is 1. The van der Waals surface area contributed by atoms with Crippen LogP contribution in [-0.4, -0.2) is 24.8 Å². The molecule has 0 saturated heterocycles. The molecule has 3 saturated carbocycles. The van der Waals surface area contributed by atoms with E-state index < -0.39 is 0 Å². The fraction of sp³-hybridized carbons (Fsp3) is 1.00. The van der Waals surface area contributed by atoms with Crippen molar-refractivity contribution in [2.45, 2.75) is 103 Å². The lowest BCUT2D eigenvalue weighted by molar-refractivity contribution is -0.133. The van der Waals surface area contributed by atoms with Gasteiger partial charge in [0.1, 0.15) is 0 Å². The fourth-order valence-corrected chi connectivity index (χ4v) is 5.38. The summed E-state index contributed by atoms with van der Waals surface area (Å²) in [5, 5.41) is 4.05. The first-order valence-electron chi connectivity index (χ1n) is 9.64. The Bertz CT molecular complexity index is 316. The fourth-order valence-electron chi connectivity index (χ4n) is 5.38. The van der Waals surface area contributed by atoms with Crippen LogP contribution in [0.4, 0.5) is 0 Å². The number of hydrogen-bond donors (Lipinski definition) is 1. The molecule has 0 bridgehead atoms. The lowest BCUT2D eigenvalue weighted by Gasteiger charge is -2.55. The second kappa shape index (κ2) is 7.00. The first kappa shape index (κ1) is 15.8. The molecule has 2 unspecified atom stereocenters. The summed E-state index contributed by atoms with van der Waals surface area (Å²) in [5.41, 5.74) is 0.495. The summed E-state index contributed by atoms with van der Waals surface area (Å²) in [7, 11) is 0. The Hall–Kier alpha value is -0.0800. The molecule has 0 heterocycles. The van der Waals surface area contributed by atoms with Crippen molar-refractivity contribution in [1.29, 1.82) is 0 Å². The average molecular weight is 293 g/mol. The van der Waals surface area contributed by atoms with Crippen LogP contribution < -0.4 is 5.32 Å². The monoisotopic (exact) mass is 293 g/mol. The lowest BCUT2D eigenvalue weighted by atomic mass is 9.60. The van der Waals surface area contributed by atoms with Crippen molar-refractivity contribution >= 4 is 0 Å². The summed E-state index contributed by atoms with van der Waals surface area (Å²) in [6, 6.07) is 1.43. The Morgan fingerprint density at radius 2 is 1.71 bits per heavy atom. The van der Waals surface area contributed by atoms with Crippen molar-refractivity contribution in [1.82, 2.24) is 5.32 Å². The highest BCUT2D eigenvalue weighted by atomic mass is 16.5. The number of rotatable bonds is 5. The summed E-state index contributed by atoms with van der Waals surface area (Å²) >= 11 is 0. The topological polar surface area (TPSA) is 21.3 Å². The highest BCUT2D eigenvalue weighted by Gasteiger charge is 2.56. The maximum absolute atomic E-state index is 6.05. The summed E-state index contributed by atoms with van der Waals surface area (Å²) in [5.74, 6) is 0.914. The van der Waals surface area contributed by atoms with Crippen LogP contribution in [0, 0.1) is 11.3 Å². The van der Waals surface area contributed by atoms with Crippen molar-refractivity contribution in [3.63, 3.8) is 0 Å². The molecule has 21 heavy (non-hydrogen) atoms. The van der Waals surface area contributed by atoms with Gasteiger partial charge in [-0.25, -0.2) is 0 Å². The van der Waals surface area contributed by atoms with Crippen molar-refractivity contribution in [2.24, 2.45) is 11.3 Å². The molecule has 0 aromatic heterocycles. The zero-order chi connectivity index (χ0) is 14.7. The van der Waals surface area contributed by atoms with Crippen molar-refractivity contribution < 1.29 is 4.74 Å². The Kier molecular flexibility index (Phi) is 5.27. The molecule has 3 atom stereocenters. The Morgan fingerprint density at radius 1 is 1.05 bits per heavy atom. The third-order valence-electron chi connectivity index (χ3n) is 6.76. The maximum atomic E-state index is 6.05. The SMILES string of the molecule is CCOC1CC(N[C@@H](C)C2CCCCCC2)C12CCCC2. The Balaban J connectivity index is 1.56. The van der Waals surface area contributed by atoms with E-state index in [2.05, 4.69) is 19.2 Å². The minimum Gasteiger partial charge on any atom is -0.378 e. The van der Waals surface area contributed by atoms with E-state index in [1.165, 1.54) is 70.6 Å². The van der Waals surface area contributed by atoms with Gasteiger partial charge < -0.3 is 10.1 Å². The smallest absolute Gasteiger partial charge is 0.0661 e. The van der Waals surface area contributed by atoms with Gasteiger partial charge in [0.25, 0.3) is 0 Å². The Morgan fingerprint density at radius 3 is 2.33 bits per heavy atom. The largest absolute Gasteiger partial charge is 0.378 e. The highest BCUT2D eigenvalue weighted by Crippen LogP contribution is 2.55. The van der Waals surface area contributed by atoms with E-state index in [1.54, 1.807) is 0 Å². The van der Waals surface area contributed by atoms with Crippen molar-refractivity contribution in [3.05, 3.63) is 0 Å². The summed E-state index contributed by atoms with van der Waals surface area (Å²) in [6.07, 6.45) is 16.1. The van der Waals surface area contributed by atoms with E-state index in [4.69, 9.17) is 4.74 Å². The first-order chi connectivity index (χ1) is 10.3. The van der Waals surface area contributed by atoms with E-state index in [9.17, 15) is 0 Å². The van der Waals surface area contributed by atoms with Crippen LogP contribution in [0.2, 0.25) is 0 Å². The lowest BCUT2D eigenvalue weighted by Crippen LogP contribution is -2.64. The highest BCUT2D eigenvalue weighted by molar-refractivity contribution is 5.10. The summed E-state index contributed by atoms with van der Waals surface area (Å²) in [4.78, 5) is 0. The van der Waals surface area contributed by atoms with Crippen LogP contribution in [0.1, 0.15) is 84.5 Å². The summed E-state index contributed by atoms with van der Waals surface area (Å²) in [6.45, 7) is 5.49. The van der Waals surface area contributed by atoms with Gasteiger partial charge in [0.2, 0.25) is 0 Å². The molecule has 3 fully saturated rings. The molecule has 0 aromatic carbocycles. The molecule has 0 amide bonds. The van der Waals surface area contributed by atoms with E-state index in [0.717, 1.165) is 18.6 Å². The van der Waals surface area contributed by atoms with Gasteiger partial charge in [-0.15, -0.1) is 0 Å². The molecule has 3 aliphatic rings. The van der Waals surface area contributed by atoms with Gasteiger partial charge in [-0.05, 0) is 51.9 Å². The summed E-state index contributed by atoms with van der Waals surface area (Å²) < 4.78 is 6.05. The molecule has 0 aromatic rings. The van der Waals surface area contributed by atoms with Crippen LogP contribution in [0.15, 0.2) is 0 Å². The average Bonchev–Trinajstić information content (AvgIpc) is 2.86. The van der Waals surface area contributed by atoms with Gasteiger partial charge >= 0.3 is 0 Å². The molecular formula is C19H35NO. The van der Waals surface area contributed by atoms with E-state index in [1.807, 2.05) is 0 Å². The van der Waals surface area contributed by atoms with Crippen LogP contribution in [0.5, 0.6) is 0 Å².